The van der Waals surface area contributed by atoms with E-state index in [0.29, 0.717) is 30.1 Å². The third-order valence-corrected chi connectivity index (χ3v) is 2.13. The normalized spacial score (nSPS) is 10.1. The van der Waals surface area contributed by atoms with Gasteiger partial charge in [0, 0.05) is 31.6 Å². The second-order valence-corrected chi connectivity index (χ2v) is 3.45. The zero-order chi connectivity index (χ0) is 12.0. The summed E-state index contributed by atoms with van der Waals surface area (Å²) >= 11 is 0. The number of rotatable bonds is 5. The van der Waals surface area contributed by atoms with Gasteiger partial charge in [0.2, 0.25) is 0 Å². The third kappa shape index (κ3) is 3.43. The van der Waals surface area contributed by atoms with Crippen LogP contribution in [0.3, 0.4) is 0 Å². The van der Waals surface area contributed by atoms with Crippen LogP contribution in [0.2, 0.25) is 0 Å². The number of hydrogen-bond donors (Lipinski definition) is 3. The van der Waals surface area contributed by atoms with Gasteiger partial charge in [0.1, 0.15) is 0 Å². The molecule has 0 fully saturated rings. The molecule has 0 heterocycles. The Morgan fingerprint density at radius 1 is 1.44 bits per heavy atom. The Morgan fingerprint density at radius 2 is 2.19 bits per heavy atom. The molecule has 0 radical (unpaired) electrons. The molecular formula is C11H17N3O2. The lowest BCUT2D eigenvalue weighted by atomic mass is 10.1. The maximum atomic E-state index is 11.7. The van der Waals surface area contributed by atoms with Crippen molar-refractivity contribution in [1.29, 1.82) is 0 Å². The van der Waals surface area contributed by atoms with Gasteiger partial charge in [0.05, 0.1) is 5.56 Å². The Kier molecular flexibility index (Phi) is 4.60. The number of hydrogen-bond acceptors (Lipinski definition) is 4. The van der Waals surface area contributed by atoms with Gasteiger partial charge in [-0.25, -0.2) is 0 Å². The van der Waals surface area contributed by atoms with E-state index < -0.39 is 0 Å². The van der Waals surface area contributed by atoms with Gasteiger partial charge in [0.25, 0.3) is 5.91 Å². The summed E-state index contributed by atoms with van der Waals surface area (Å²) in [6.07, 6.45) is 0.775. The van der Waals surface area contributed by atoms with Gasteiger partial charge in [-0.1, -0.05) is 0 Å². The molecule has 0 unspecified atom stereocenters. The number of amides is 1. The summed E-state index contributed by atoms with van der Waals surface area (Å²) in [5.74, 6) is -0.186. The van der Waals surface area contributed by atoms with E-state index in [1.54, 1.807) is 25.3 Å². The number of benzene rings is 1. The molecule has 1 rings (SSSR count). The van der Waals surface area contributed by atoms with Gasteiger partial charge < -0.3 is 21.5 Å². The average Bonchev–Trinajstić information content (AvgIpc) is 2.24. The van der Waals surface area contributed by atoms with Crippen molar-refractivity contribution in [3.8, 4) is 0 Å². The SMILES string of the molecule is COCCCNC(=O)c1ccc(N)cc1N. The van der Waals surface area contributed by atoms with Crippen LogP contribution in [0.5, 0.6) is 0 Å². The number of carbonyl (C=O) groups excluding carboxylic acids is 1. The standard InChI is InChI=1S/C11H17N3O2/c1-16-6-2-5-14-11(15)9-4-3-8(12)7-10(9)13/h3-4,7H,2,5-6,12-13H2,1H3,(H,14,15). The van der Waals surface area contributed by atoms with Crippen LogP contribution >= 0.6 is 0 Å². The quantitative estimate of drug-likeness (QED) is 0.504. The molecule has 1 aromatic rings. The van der Waals surface area contributed by atoms with Crippen molar-refractivity contribution >= 4 is 17.3 Å². The number of methoxy groups -OCH3 is 1. The Balaban J connectivity index is 2.53. The van der Waals surface area contributed by atoms with Crippen molar-refractivity contribution < 1.29 is 9.53 Å². The van der Waals surface area contributed by atoms with Crippen molar-refractivity contribution in [3.05, 3.63) is 23.8 Å². The van der Waals surface area contributed by atoms with Crippen molar-refractivity contribution in [2.24, 2.45) is 0 Å². The van der Waals surface area contributed by atoms with Gasteiger partial charge >= 0.3 is 0 Å². The highest BCUT2D eigenvalue weighted by atomic mass is 16.5. The fraction of sp³-hybridized carbons (Fsp3) is 0.364. The van der Waals surface area contributed by atoms with E-state index in [2.05, 4.69) is 5.32 Å². The largest absolute Gasteiger partial charge is 0.399 e. The minimum absolute atomic E-state index is 0.186. The summed E-state index contributed by atoms with van der Waals surface area (Å²) in [5, 5.41) is 2.75. The summed E-state index contributed by atoms with van der Waals surface area (Å²) in [4.78, 5) is 11.7. The van der Waals surface area contributed by atoms with Gasteiger partial charge in [-0.05, 0) is 24.6 Å². The van der Waals surface area contributed by atoms with E-state index in [4.69, 9.17) is 16.2 Å². The van der Waals surface area contributed by atoms with E-state index in [9.17, 15) is 4.79 Å². The van der Waals surface area contributed by atoms with Crippen LogP contribution in [0.15, 0.2) is 18.2 Å². The molecule has 0 saturated heterocycles. The molecule has 16 heavy (non-hydrogen) atoms. The van der Waals surface area contributed by atoms with Gasteiger partial charge in [-0.3, -0.25) is 4.79 Å². The second-order valence-electron chi connectivity index (χ2n) is 3.45. The molecule has 0 aliphatic heterocycles. The molecule has 5 N–H and O–H groups in total. The minimum Gasteiger partial charge on any atom is -0.399 e. The molecule has 0 spiro atoms. The number of carbonyl (C=O) groups is 1. The first-order valence-corrected chi connectivity index (χ1v) is 5.07. The van der Waals surface area contributed by atoms with Crippen LogP contribution < -0.4 is 16.8 Å². The van der Waals surface area contributed by atoms with Crippen LogP contribution in [0, 0.1) is 0 Å². The molecule has 0 aromatic heterocycles. The van der Waals surface area contributed by atoms with Crippen molar-refractivity contribution in [1.82, 2.24) is 5.32 Å². The zero-order valence-corrected chi connectivity index (χ0v) is 9.32. The van der Waals surface area contributed by atoms with Crippen molar-refractivity contribution in [2.75, 3.05) is 31.7 Å². The number of anilines is 2. The van der Waals surface area contributed by atoms with E-state index in [1.165, 1.54) is 0 Å². The first kappa shape index (κ1) is 12.3. The maximum absolute atomic E-state index is 11.7. The maximum Gasteiger partial charge on any atom is 0.253 e. The Labute approximate surface area is 94.8 Å². The predicted octanol–water partition coefficient (Wildman–Crippen LogP) is 0.617. The Hall–Kier alpha value is -1.75. The lowest BCUT2D eigenvalue weighted by molar-refractivity contribution is 0.0949. The molecule has 0 atom stereocenters. The topological polar surface area (TPSA) is 90.4 Å². The minimum atomic E-state index is -0.186. The van der Waals surface area contributed by atoms with E-state index in [-0.39, 0.29) is 5.91 Å². The van der Waals surface area contributed by atoms with E-state index in [0.717, 1.165) is 6.42 Å². The predicted molar refractivity (Wildman–Crippen MR) is 64.1 cm³/mol. The zero-order valence-electron chi connectivity index (χ0n) is 9.32. The van der Waals surface area contributed by atoms with Gasteiger partial charge in [-0.15, -0.1) is 0 Å². The van der Waals surface area contributed by atoms with Crippen molar-refractivity contribution in [3.63, 3.8) is 0 Å². The Bertz CT molecular complexity index is 366. The summed E-state index contributed by atoms with van der Waals surface area (Å²) in [5.41, 5.74) is 12.6. The van der Waals surface area contributed by atoms with Crippen LogP contribution in [0.4, 0.5) is 11.4 Å². The number of nitrogen functional groups attached to an aromatic ring is 2. The van der Waals surface area contributed by atoms with Crippen molar-refractivity contribution in [2.45, 2.75) is 6.42 Å². The second kappa shape index (κ2) is 5.97. The average molecular weight is 223 g/mol. The molecule has 0 aliphatic carbocycles. The van der Waals surface area contributed by atoms with Crippen LogP contribution in [-0.2, 0) is 4.74 Å². The molecular weight excluding hydrogens is 206 g/mol. The molecule has 5 heteroatoms. The van der Waals surface area contributed by atoms with Crippen LogP contribution in [0.1, 0.15) is 16.8 Å². The van der Waals surface area contributed by atoms with E-state index >= 15 is 0 Å². The first-order chi connectivity index (χ1) is 7.65. The summed E-state index contributed by atoms with van der Waals surface area (Å²) in [6, 6.07) is 4.85. The molecule has 1 amide bonds. The molecule has 0 aliphatic rings. The molecule has 5 nitrogen and oxygen atoms in total. The number of ether oxygens (including phenoxy) is 1. The summed E-state index contributed by atoms with van der Waals surface area (Å²) < 4.78 is 4.88. The summed E-state index contributed by atoms with van der Waals surface area (Å²) in [6.45, 7) is 1.19. The number of nitrogens with one attached hydrogen (secondary N) is 1. The highest BCUT2D eigenvalue weighted by Gasteiger charge is 2.08. The molecule has 0 bridgehead atoms. The smallest absolute Gasteiger partial charge is 0.253 e. The summed E-state index contributed by atoms with van der Waals surface area (Å²) in [7, 11) is 1.62. The fourth-order valence-electron chi connectivity index (χ4n) is 1.30. The fourth-order valence-corrected chi connectivity index (χ4v) is 1.30. The molecule has 1 aromatic carbocycles. The van der Waals surface area contributed by atoms with Gasteiger partial charge in [0.15, 0.2) is 0 Å². The first-order valence-electron chi connectivity index (χ1n) is 5.07. The molecule has 0 saturated carbocycles. The highest BCUT2D eigenvalue weighted by Crippen LogP contribution is 2.15. The van der Waals surface area contributed by atoms with Gasteiger partial charge in [-0.2, -0.15) is 0 Å². The monoisotopic (exact) mass is 223 g/mol. The van der Waals surface area contributed by atoms with Crippen LogP contribution in [-0.4, -0.2) is 26.2 Å². The highest BCUT2D eigenvalue weighted by molar-refractivity contribution is 5.99. The lowest BCUT2D eigenvalue weighted by Crippen LogP contribution is -2.26. The lowest BCUT2D eigenvalue weighted by Gasteiger charge is -2.07. The van der Waals surface area contributed by atoms with Crippen LogP contribution in [0.25, 0.3) is 0 Å². The van der Waals surface area contributed by atoms with E-state index in [1.807, 2.05) is 0 Å². The third-order valence-electron chi connectivity index (χ3n) is 2.13. The molecule has 88 valence electrons. The number of nitrogens with two attached hydrogens (primary N) is 2. The Morgan fingerprint density at radius 3 is 2.81 bits per heavy atom.